The standard InChI is InChI=1S/C25H29N5O3S/c1-7-16(8-2)24-28-30-22(26)19(23(31)27-25(30)34-24)12-17-11-14(3)29(15(17)4)20-13-18(32-5)9-10-21(20)33-6/h9-13,16,26H,7-8H2,1-6H3. The predicted octanol–water partition coefficient (Wildman–Crippen LogP) is 5.17. The minimum absolute atomic E-state index is 0.0484. The Bertz CT molecular complexity index is 1250. The van der Waals surface area contributed by atoms with Gasteiger partial charge in [0.15, 0.2) is 5.84 Å². The molecule has 0 unspecified atom stereocenters. The fourth-order valence-corrected chi connectivity index (χ4v) is 5.40. The first kappa shape index (κ1) is 23.8. The Hall–Kier alpha value is -3.33. The first-order valence-corrected chi connectivity index (χ1v) is 12.1. The zero-order chi connectivity index (χ0) is 24.6. The van der Waals surface area contributed by atoms with E-state index in [1.54, 1.807) is 20.3 Å². The summed E-state index contributed by atoms with van der Waals surface area (Å²) in [5.74, 6) is 1.34. The number of carbonyl (C=O) groups is 1. The number of nitrogens with one attached hydrogen (secondary N) is 1. The number of rotatable bonds is 7. The number of hydrazone groups is 1. The minimum Gasteiger partial charge on any atom is -0.497 e. The molecule has 0 radical (unpaired) electrons. The number of amidine groups is 2. The molecule has 2 aromatic rings. The molecule has 2 aliphatic rings. The van der Waals surface area contributed by atoms with Gasteiger partial charge in [0.2, 0.25) is 5.17 Å². The molecule has 1 amide bonds. The number of aromatic nitrogens is 1. The molecule has 2 aliphatic heterocycles. The van der Waals surface area contributed by atoms with Crippen molar-refractivity contribution in [1.29, 1.82) is 5.41 Å². The Labute approximate surface area is 203 Å². The quantitative estimate of drug-likeness (QED) is 0.553. The molecule has 0 aliphatic carbocycles. The molecule has 3 heterocycles. The number of aliphatic imine (C=N–C) groups is 1. The smallest absolute Gasteiger partial charge is 0.283 e. The number of nitrogens with zero attached hydrogens (tertiary/aromatic N) is 4. The van der Waals surface area contributed by atoms with E-state index in [1.807, 2.05) is 38.1 Å². The monoisotopic (exact) mass is 479 g/mol. The second-order valence-corrected chi connectivity index (χ2v) is 9.16. The van der Waals surface area contributed by atoms with Gasteiger partial charge in [-0.05, 0) is 68.3 Å². The number of hydrogen-bond donors (Lipinski definition) is 1. The van der Waals surface area contributed by atoms with Gasteiger partial charge in [-0.1, -0.05) is 13.8 Å². The van der Waals surface area contributed by atoms with Crippen LogP contribution in [0, 0.1) is 25.2 Å². The highest BCUT2D eigenvalue weighted by Crippen LogP contribution is 2.35. The zero-order valence-electron chi connectivity index (χ0n) is 20.3. The summed E-state index contributed by atoms with van der Waals surface area (Å²) in [4.78, 5) is 17.1. The van der Waals surface area contributed by atoms with Crippen LogP contribution in [-0.4, -0.2) is 45.7 Å². The number of aryl methyl sites for hydroxylation is 1. The zero-order valence-corrected chi connectivity index (χ0v) is 21.1. The summed E-state index contributed by atoms with van der Waals surface area (Å²) in [5, 5.41) is 16.2. The molecule has 8 nitrogen and oxygen atoms in total. The van der Waals surface area contributed by atoms with E-state index < -0.39 is 5.91 Å². The van der Waals surface area contributed by atoms with Crippen molar-refractivity contribution in [3.63, 3.8) is 0 Å². The van der Waals surface area contributed by atoms with Crippen LogP contribution in [0.15, 0.2) is 39.9 Å². The average molecular weight is 480 g/mol. The third-order valence-electron chi connectivity index (χ3n) is 6.20. The van der Waals surface area contributed by atoms with E-state index in [2.05, 4.69) is 28.5 Å². The highest BCUT2D eigenvalue weighted by molar-refractivity contribution is 8.27. The largest absolute Gasteiger partial charge is 0.497 e. The SMILES string of the molecule is CCC(CC)C1=NN2C(=N)C(=Cc3cc(C)n(-c4cc(OC)ccc4OC)c3C)C(=O)N=C2S1. The number of carbonyl (C=O) groups excluding carboxylic acids is 1. The molecule has 0 spiro atoms. The third kappa shape index (κ3) is 4.04. The van der Waals surface area contributed by atoms with Crippen molar-refractivity contribution in [2.45, 2.75) is 40.5 Å². The molecule has 9 heteroatoms. The summed E-state index contributed by atoms with van der Waals surface area (Å²) in [7, 11) is 3.25. The molecule has 1 aromatic heterocycles. The Kier molecular flexibility index (Phi) is 6.65. The second kappa shape index (κ2) is 9.50. The van der Waals surface area contributed by atoms with E-state index in [1.165, 1.54) is 16.8 Å². The number of hydrogen-bond acceptors (Lipinski definition) is 6. The van der Waals surface area contributed by atoms with Crippen molar-refractivity contribution in [3.8, 4) is 17.2 Å². The molecular weight excluding hydrogens is 450 g/mol. The molecule has 0 atom stereocenters. The number of fused-ring (bicyclic) bond motifs is 1. The number of amides is 1. The fourth-order valence-electron chi connectivity index (χ4n) is 4.24. The number of thioether (sulfide) groups is 1. The van der Waals surface area contributed by atoms with E-state index >= 15 is 0 Å². The van der Waals surface area contributed by atoms with Crippen LogP contribution in [0.5, 0.6) is 11.5 Å². The Morgan fingerprint density at radius 1 is 1.15 bits per heavy atom. The van der Waals surface area contributed by atoms with Gasteiger partial charge < -0.3 is 14.0 Å². The van der Waals surface area contributed by atoms with Crippen molar-refractivity contribution in [2.75, 3.05) is 14.2 Å². The van der Waals surface area contributed by atoms with Gasteiger partial charge in [0, 0.05) is 23.4 Å². The highest BCUT2D eigenvalue weighted by atomic mass is 32.2. The topological polar surface area (TPSA) is 92.3 Å². The van der Waals surface area contributed by atoms with Gasteiger partial charge in [-0.15, -0.1) is 0 Å². The molecular formula is C25H29N5O3S. The number of methoxy groups -OCH3 is 2. The van der Waals surface area contributed by atoms with Gasteiger partial charge in [0.25, 0.3) is 5.91 Å². The molecule has 4 rings (SSSR count). The molecule has 178 valence electrons. The van der Waals surface area contributed by atoms with Gasteiger partial charge in [0.05, 0.1) is 25.5 Å². The van der Waals surface area contributed by atoms with E-state index in [9.17, 15) is 4.79 Å². The Balaban J connectivity index is 1.74. The lowest BCUT2D eigenvalue weighted by Crippen LogP contribution is -2.35. The molecule has 1 aromatic carbocycles. The fraction of sp³-hybridized carbons (Fsp3) is 0.360. The van der Waals surface area contributed by atoms with Gasteiger partial charge >= 0.3 is 0 Å². The van der Waals surface area contributed by atoms with Crippen LogP contribution in [0.4, 0.5) is 0 Å². The van der Waals surface area contributed by atoms with E-state index in [0.717, 1.165) is 40.5 Å². The Morgan fingerprint density at radius 3 is 2.53 bits per heavy atom. The van der Waals surface area contributed by atoms with Gasteiger partial charge in [0.1, 0.15) is 16.5 Å². The van der Waals surface area contributed by atoms with Gasteiger partial charge in [-0.3, -0.25) is 10.2 Å². The first-order chi connectivity index (χ1) is 16.3. The minimum atomic E-state index is -0.423. The predicted molar refractivity (Wildman–Crippen MR) is 137 cm³/mol. The van der Waals surface area contributed by atoms with Crippen LogP contribution in [0.2, 0.25) is 0 Å². The average Bonchev–Trinajstić information content (AvgIpc) is 3.37. The summed E-state index contributed by atoms with van der Waals surface area (Å²) in [5.41, 5.74) is 3.74. The lowest BCUT2D eigenvalue weighted by Gasteiger charge is -2.20. The van der Waals surface area contributed by atoms with E-state index in [0.29, 0.717) is 22.6 Å². The summed E-state index contributed by atoms with van der Waals surface area (Å²) >= 11 is 1.39. The normalized spacial score (nSPS) is 16.8. The van der Waals surface area contributed by atoms with Crippen molar-refractivity contribution in [2.24, 2.45) is 16.0 Å². The molecule has 34 heavy (non-hydrogen) atoms. The van der Waals surface area contributed by atoms with Crippen molar-refractivity contribution in [1.82, 2.24) is 9.58 Å². The molecule has 0 fully saturated rings. The number of benzene rings is 1. The van der Waals surface area contributed by atoms with Crippen LogP contribution < -0.4 is 9.47 Å². The summed E-state index contributed by atoms with van der Waals surface area (Å²) in [6, 6.07) is 7.61. The third-order valence-corrected chi connectivity index (χ3v) is 7.27. The summed E-state index contributed by atoms with van der Waals surface area (Å²) in [6.07, 6.45) is 3.63. The van der Waals surface area contributed by atoms with Crippen LogP contribution in [0.1, 0.15) is 43.6 Å². The van der Waals surface area contributed by atoms with Crippen molar-refractivity contribution < 1.29 is 14.3 Å². The number of ether oxygens (including phenoxy) is 2. The maximum absolute atomic E-state index is 12.9. The van der Waals surface area contributed by atoms with Crippen molar-refractivity contribution in [3.05, 3.63) is 46.8 Å². The summed E-state index contributed by atoms with van der Waals surface area (Å²) in [6.45, 7) is 8.19. The molecule has 0 bridgehead atoms. The van der Waals surface area contributed by atoms with Crippen LogP contribution in [-0.2, 0) is 4.79 Å². The maximum atomic E-state index is 12.9. The summed E-state index contributed by atoms with van der Waals surface area (Å²) < 4.78 is 13.0. The van der Waals surface area contributed by atoms with Crippen molar-refractivity contribution >= 4 is 39.8 Å². The van der Waals surface area contributed by atoms with Gasteiger partial charge in [-0.25, -0.2) is 0 Å². The maximum Gasteiger partial charge on any atom is 0.283 e. The second-order valence-electron chi connectivity index (χ2n) is 8.17. The van der Waals surface area contributed by atoms with Crippen LogP contribution in [0.25, 0.3) is 11.8 Å². The van der Waals surface area contributed by atoms with E-state index in [4.69, 9.17) is 14.9 Å². The van der Waals surface area contributed by atoms with E-state index in [-0.39, 0.29) is 11.4 Å². The lowest BCUT2D eigenvalue weighted by molar-refractivity contribution is -0.114. The van der Waals surface area contributed by atoms with Crippen LogP contribution in [0.3, 0.4) is 0 Å². The van der Waals surface area contributed by atoms with Crippen LogP contribution >= 0.6 is 11.8 Å². The lowest BCUT2D eigenvalue weighted by atomic mass is 10.1. The highest BCUT2D eigenvalue weighted by Gasteiger charge is 2.37. The molecule has 1 N–H and O–H groups in total. The van der Waals surface area contributed by atoms with Gasteiger partial charge in [-0.2, -0.15) is 15.1 Å². The Morgan fingerprint density at radius 2 is 1.88 bits per heavy atom. The molecule has 0 saturated heterocycles. The molecule has 0 saturated carbocycles. The first-order valence-electron chi connectivity index (χ1n) is 11.2.